The minimum absolute atomic E-state index is 0.224. The largest absolute Gasteiger partial charge is 0.494 e. The third kappa shape index (κ3) is 4.23. The molecular formula is C14H23NO. The minimum Gasteiger partial charge on any atom is -0.494 e. The van der Waals surface area contributed by atoms with Gasteiger partial charge in [-0.2, -0.15) is 0 Å². The van der Waals surface area contributed by atoms with Gasteiger partial charge >= 0.3 is 0 Å². The molecule has 0 atom stereocenters. The van der Waals surface area contributed by atoms with E-state index in [1.165, 1.54) is 5.56 Å². The Balaban J connectivity index is 2.57. The second kappa shape index (κ2) is 5.90. The first-order valence-electron chi connectivity index (χ1n) is 5.99. The molecule has 90 valence electrons. The summed E-state index contributed by atoms with van der Waals surface area (Å²) < 4.78 is 5.48. The molecule has 0 bridgehead atoms. The second-order valence-corrected chi connectivity index (χ2v) is 4.95. The number of nitrogens with two attached hydrogens (primary N) is 1. The summed E-state index contributed by atoms with van der Waals surface area (Å²) in [5.41, 5.74) is 7.27. The van der Waals surface area contributed by atoms with Gasteiger partial charge in [-0.15, -0.1) is 0 Å². The number of hydrogen-bond donors (Lipinski definition) is 1. The van der Waals surface area contributed by atoms with Crippen molar-refractivity contribution in [1.29, 1.82) is 0 Å². The van der Waals surface area contributed by atoms with E-state index in [0.717, 1.165) is 31.7 Å². The fraction of sp³-hybridized carbons (Fsp3) is 0.571. The van der Waals surface area contributed by atoms with Gasteiger partial charge in [-0.05, 0) is 49.4 Å². The van der Waals surface area contributed by atoms with Crippen LogP contribution in [0.5, 0.6) is 5.75 Å². The third-order valence-electron chi connectivity index (χ3n) is 2.85. The van der Waals surface area contributed by atoms with Crippen LogP contribution in [0, 0.1) is 5.41 Å². The molecule has 0 saturated carbocycles. The van der Waals surface area contributed by atoms with Gasteiger partial charge in [0.05, 0.1) is 6.61 Å². The van der Waals surface area contributed by atoms with Gasteiger partial charge in [0, 0.05) is 0 Å². The number of hydrogen-bond acceptors (Lipinski definition) is 2. The molecule has 0 saturated heterocycles. The molecule has 0 heterocycles. The molecule has 2 heteroatoms. The van der Waals surface area contributed by atoms with Gasteiger partial charge < -0.3 is 10.5 Å². The Morgan fingerprint density at radius 2 is 2.06 bits per heavy atom. The Morgan fingerprint density at radius 3 is 2.69 bits per heavy atom. The first kappa shape index (κ1) is 13.0. The van der Waals surface area contributed by atoms with E-state index in [1.807, 2.05) is 13.0 Å². The van der Waals surface area contributed by atoms with Gasteiger partial charge in [0.25, 0.3) is 0 Å². The molecule has 0 aliphatic heterocycles. The van der Waals surface area contributed by atoms with Crippen molar-refractivity contribution in [2.45, 2.75) is 33.6 Å². The lowest BCUT2D eigenvalue weighted by Crippen LogP contribution is -2.24. The van der Waals surface area contributed by atoms with Crippen LogP contribution in [0.1, 0.15) is 32.8 Å². The van der Waals surface area contributed by atoms with Crippen LogP contribution in [0.3, 0.4) is 0 Å². The summed E-state index contributed by atoms with van der Waals surface area (Å²) in [6.45, 7) is 7.87. The summed E-state index contributed by atoms with van der Waals surface area (Å²) in [7, 11) is 0. The highest BCUT2D eigenvalue weighted by Crippen LogP contribution is 2.22. The van der Waals surface area contributed by atoms with Crippen LogP contribution < -0.4 is 10.5 Å². The van der Waals surface area contributed by atoms with Crippen molar-refractivity contribution in [2.24, 2.45) is 11.1 Å². The minimum atomic E-state index is 0.224. The molecule has 0 aromatic heterocycles. The average molecular weight is 221 g/mol. The summed E-state index contributed by atoms with van der Waals surface area (Å²) in [6, 6.07) is 8.32. The van der Waals surface area contributed by atoms with Crippen molar-refractivity contribution in [3.63, 3.8) is 0 Å². The van der Waals surface area contributed by atoms with Gasteiger partial charge in [-0.1, -0.05) is 26.0 Å². The Hall–Kier alpha value is -1.02. The average Bonchev–Trinajstić information content (AvgIpc) is 2.28. The maximum atomic E-state index is 5.72. The first-order chi connectivity index (χ1) is 7.57. The number of benzene rings is 1. The molecule has 0 aliphatic carbocycles. The lowest BCUT2D eigenvalue weighted by atomic mass is 9.86. The van der Waals surface area contributed by atoms with Gasteiger partial charge in [-0.3, -0.25) is 0 Å². The lowest BCUT2D eigenvalue weighted by Gasteiger charge is -2.22. The maximum Gasteiger partial charge on any atom is 0.119 e. The zero-order valence-corrected chi connectivity index (χ0v) is 10.6. The van der Waals surface area contributed by atoms with Crippen molar-refractivity contribution >= 4 is 0 Å². The van der Waals surface area contributed by atoms with Crippen LogP contribution >= 0.6 is 0 Å². The van der Waals surface area contributed by atoms with Gasteiger partial charge in [0.1, 0.15) is 5.75 Å². The highest BCUT2D eigenvalue weighted by Gasteiger charge is 2.15. The molecule has 0 unspecified atom stereocenters. The summed E-state index contributed by atoms with van der Waals surface area (Å²) in [5, 5.41) is 0. The normalized spacial score (nSPS) is 11.5. The van der Waals surface area contributed by atoms with Crippen LogP contribution in [0.15, 0.2) is 24.3 Å². The van der Waals surface area contributed by atoms with E-state index in [0.29, 0.717) is 0 Å². The summed E-state index contributed by atoms with van der Waals surface area (Å²) in [4.78, 5) is 0. The SMILES string of the molecule is CCOc1cccc(CCC(C)(C)CN)c1. The topological polar surface area (TPSA) is 35.2 Å². The quantitative estimate of drug-likeness (QED) is 0.801. The monoisotopic (exact) mass is 221 g/mol. The molecule has 16 heavy (non-hydrogen) atoms. The molecule has 1 rings (SSSR count). The van der Waals surface area contributed by atoms with Crippen molar-refractivity contribution in [3.8, 4) is 5.75 Å². The summed E-state index contributed by atoms with van der Waals surface area (Å²) >= 11 is 0. The molecule has 0 aliphatic rings. The van der Waals surface area contributed by atoms with E-state index >= 15 is 0 Å². The van der Waals surface area contributed by atoms with Crippen molar-refractivity contribution in [3.05, 3.63) is 29.8 Å². The predicted octanol–water partition coefficient (Wildman–Crippen LogP) is 3.00. The Labute approximate surface area is 98.8 Å². The van der Waals surface area contributed by atoms with E-state index < -0.39 is 0 Å². The fourth-order valence-corrected chi connectivity index (χ4v) is 1.54. The van der Waals surface area contributed by atoms with E-state index in [-0.39, 0.29) is 5.41 Å². The van der Waals surface area contributed by atoms with E-state index in [9.17, 15) is 0 Å². The predicted molar refractivity (Wildman–Crippen MR) is 68.8 cm³/mol. The Bertz CT molecular complexity index is 320. The second-order valence-electron chi connectivity index (χ2n) is 4.95. The first-order valence-corrected chi connectivity index (χ1v) is 5.99. The molecule has 0 radical (unpaired) electrons. The lowest BCUT2D eigenvalue weighted by molar-refractivity contribution is 0.337. The van der Waals surface area contributed by atoms with Crippen LogP contribution in [-0.2, 0) is 6.42 Å². The smallest absolute Gasteiger partial charge is 0.119 e. The number of ether oxygens (including phenoxy) is 1. The van der Waals surface area contributed by atoms with Gasteiger partial charge in [0.15, 0.2) is 0 Å². The number of aryl methyl sites for hydroxylation is 1. The third-order valence-corrected chi connectivity index (χ3v) is 2.85. The standard InChI is InChI=1S/C14H23NO/c1-4-16-13-7-5-6-12(10-13)8-9-14(2,3)11-15/h5-7,10H,4,8-9,11,15H2,1-3H3. The van der Waals surface area contributed by atoms with Crippen LogP contribution in [-0.4, -0.2) is 13.2 Å². The summed E-state index contributed by atoms with van der Waals surface area (Å²) in [6.07, 6.45) is 2.17. The van der Waals surface area contributed by atoms with E-state index in [1.54, 1.807) is 0 Å². The Kier molecular flexibility index (Phi) is 4.81. The van der Waals surface area contributed by atoms with Crippen LogP contribution in [0.25, 0.3) is 0 Å². The molecule has 0 fully saturated rings. The van der Waals surface area contributed by atoms with E-state index in [2.05, 4.69) is 32.0 Å². The zero-order chi connectivity index (χ0) is 12.0. The highest BCUT2D eigenvalue weighted by atomic mass is 16.5. The highest BCUT2D eigenvalue weighted by molar-refractivity contribution is 5.28. The Morgan fingerprint density at radius 1 is 1.31 bits per heavy atom. The maximum absolute atomic E-state index is 5.72. The number of rotatable bonds is 6. The molecule has 0 amide bonds. The molecule has 2 N–H and O–H groups in total. The zero-order valence-electron chi connectivity index (χ0n) is 10.6. The van der Waals surface area contributed by atoms with Crippen molar-refractivity contribution in [2.75, 3.05) is 13.2 Å². The van der Waals surface area contributed by atoms with Crippen molar-refractivity contribution < 1.29 is 4.74 Å². The van der Waals surface area contributed by atoms with Crippen LogP contribution in [0.4, 0.5) is 0 Å². The molecule has 1 aromatic rings. The molecule has 1 aromatic carbocycles. The molecule has 0 spiro atoms. The van der Waals surface area contributed by atoms with Crippen molar-refractivity contribution in [1.82, 2.24) is 0 Å². The fourth-order valence-electron chi connectivity index (χ4n) is 1.54. The van der Waals surface area contributed by atoms with Crippen LogP contribution in [0.2, 0.25) is 0 Å². The summed E-state index contributed by atoms with van der Waals surface area (Å²) in [5.74, 6) is 0.963. The molecular weight excluding hydrogens is 198 g/mol. The molecule has 2 nitrogen and oxygen atoms in total. The van der Waals surface area contributed by atoms with Gasteiger partial charge in [0.2, 0.25) is 0 Å². The van der Waals surface area contributed by atoms with E-state index in [4.69, 9.17) is 10.5 Å². The van der Waals surface area contributed by atoms with Gasteiger partial charge in [-0.25, -0.2) is 0 Å².